The van der Waals surface area contributed by atoms with Crippen LogP contribution in [0, 0.1) is 11.5 Å². The summed E-state index contributed by atoms with van der Waals surface area (Å²) < 4.78 is 45.7. The SMILES string of the molecule is N#CN=C1NCCN1c1ccc(NC(=O)Oc2cc(C(F)(F)F)nn2-c2cccc(C(N)=O)c2)cc1. The molecule has 0 saturated carbocycles. The van der Waals surface area contributed by atoms with Crippen LogP contribution >= 0.6 is 0 Å². The number of nitriles is 1. The van der Waals surface area contributed by atoms with Crippen molar-refractivity contribution in [3.63, 3.8) is 0 Å². The summed E-state index contributed by atoms with van der Waals surface area (Å²) in [7, 11) is 0. The fraction of sp³-hybridized carbons (Fsp3) is 0.136. The lowest BCUT2D eigenvalue weighted by Gasteiger charge is -2.17. The van der Waals surface area contributed by atoms with E-state index in [0.29, 0.717) is 36.5 Å². The molecule has 0 unspecified atom stereocenters. The van der Waals surface area contributed by atoms with Gasteiger partial charge >= 0.3 is 12.3 Å². The Bertz CT molecular complexity index is 1380. The Hall–Kier alpha value is -5.06. The van der Waals surface area contributed by atoms with E-state index in [0.717, 1.165) is 4.68 Å². The van der Waals surface area contributed by atoms with E-state index in [1.54, 1.807) is 35.4 Å². The highest BCUT2D eigenvalue weighted by Gasteiger charge is 2.36. The van der Waals surface area contributed by atoms with E-state index in [1.165, 1.54) is 24.3 Å². The minimum atomic E-state index is -4.81. The van der Waals surface area contributed by atoms with Gasteiger partial charge in [0.15, 0.2) is 5.69 Å². The molecule has 2 heterocycles. The maximum Gasteiger partial charge on any atom is 0.435 e. The van der Waals surface area contributed by atoms with E-state index >= 15 is 0 Å². The van der Waals surface area contributed by atoms with Gasteiger partial charge in [-0.05, 0) is 42.5 Å². The first-order valence-electron chi connectivity index (χ1n) is 10.3. The van der Waals surface area contributed by atoms with Crippen molar-refractivity contribution < 1.29 is 27.5 Å². The molecule has 14 heteroatoms. The molecule has 0 atom stereocenters. The van der Waals surface area contributed by atoms with Gasteiger partial charge in [0, 0.05) is 36.1 Å². The number of hydrogen-bond donors (Lipinski definition) is 3. The van der Waals surface area contributed by atoms with Crippen molar-refractivity contribution in [1.29, 1.82) is 5.26 Å². The molecule has 0 aliphatic carbocycles. The molecule has 184 valence electrons. The van der Waals surface area contributed by atoms with Crippen LogP contribution in [0.15, 0.2) is 59.6 Å². The Morgan fingerprint density at radius 1 is 1.17 bits per heavy atom. The smallest absolute Gasteiger partial charge is 0.391 e. The number of ether oxygens (including phenoxy) is 1. The highest BCUT2D eigenvalue weighted by molar-refractivity contribution is 5.99. The summed E-state index contributed by atoms with van der Waals surface area (Å²) in [5, 5.41) is 17.7. The second kappa shape index (κ2) is 9.66. The summed E-state index contributed by atoms with van der Waals surface area (Å²) in [6.07, 6.45) is -4.17. The number of halogens is 3. The van der Waals surface area contributed by atoms with Crippen molar-refractivity contribution in [3.05, 3.63) is 65.9 Å². The first kappa shape index (κ1) is 24.1. The molecule has 1 aliphatic heterocycles. The molecule has 2 amide bonds. The minimum absolute atomic E-state index is 0.0306. The van der Waals surface area contributed by atoms with Gasteiger partial charge in [0.2, 0.25) is 23.9 Å². The maximum atomic E-state index is 13.3. The zero-order valence-corrected chi connectivity index (χ0v) is 18.3. The number of hydrogen-bond acceptors (Lipinski definition) is 6. The molecule has 11 nitrogen and oxygen atoms in total. The van der Waals surface area contributed by atoms with Gasteiger partial charge in [-0.25, -0.2) is 4.79 Å². The number of rotatable bonds is 5. The van der Waals surface area contributed by atoms with Crippen molar-refractivity contribution >= 4 is 29.3 Å². The van der Waals surface area contributed by atoms with Crippen LogP contribution in [0.25, 0.3) is 5.69 Å². The number of benzene rings is 2. The van der Waals surface area contributed by atoms with Crippen LogP contribution in [0.5, 0.6) is 5.88 Å². The Kier molecular flexibility index (Phi) is 6.46. The molecule has 1 fully saturated rings. The van der Waals surface area contributed by atoms with E-state index in [-0.39, 0.29) is 11.3 Å². The van der Waals surface area contributed by atoms with E-state index in [4.69, 9.17) is 15.7 Å². The highest BCUT2D eigenvalue weighted by atomic mass is 19.4. The van der Waals surface area contributed by atoms with Gasteiger partial charge in [0.1, 0.15) is 0 Å². The summed E-state index contributed by atoms with van der Waals surface area (Å²) in [6, 6.07) is 12.4. The summed E-state index contributed by atoms with van der Waals surface area (Å²) in [5.74, 6) is -0.926. The van der Waals surface area contributed by atoms with Crippen molar-refractivity contribution in [2.75, 3.05) is 23.3 Å². The number of amides is 2. The third kappa shape index (κ3) is 5.20. The molecule has 0 radical (unpaired) electrons. The Morgan fingerprint density at radius 2 is 1.92 bits per heavy atom. The predicted molar refractivity (Wildman–Crippen MR) is 122 cm³/mol. The lowest BCUT2D eigenvalue weighted by molar-refractivity contribution is -0.141. The number of carbonyl (C=O) groups excluding carboxylic acids is 2. The zero-order chi connectivity index (χ0) is 25.9. The van der Waals surface area contributed by atoms with Gasteiger partial charge in [-0.1, -0.05) is 6.07 Å². The second-order valence-corrected chi connectivity index (χ2v) is 7.37. The van der Waals surface area contributed by atoms with Crippen LogP contribution in [0.1, 0.15) is 16.1 Å². The third-order valence-electron chi connectivity index (χ3n) is 5.00. The monoisotopic (exact) mass is 498 g/mol. The molecule has 2 aromatic carbocycles. The number of aromatic nitrogens is 2. The summed E-state index contributed by atoms with van der Waals surface area (Å²) in [6.45, 7) is 1.18. The molecule has 1 saturated heterocycles. The largest absolute Gasteiger partial charge is 0.435 e. The van der Waals surface area contributed by atoms with Gasteiger partial charge in [-0.3, -0.25) is 10.1 Å². The number of nitrogens with one attached hydrogen (secondary N) is 2. The second-order valence-electron chi connectivity index (χ2n) is 7.37. The fourth-order valence-electron chi connectivity index (χ4n) is 3.39. The Labute approximate surface area is 201 Å². The van der Waals surface area contributed by atoms with Crippen LogP contribution in [-0.4, -0.2) is 40.8 Å². The standard InChI is InChI=1S/C22H17F3N8O3/c23-22(24,25)17-11-18(33(31-17)16-3-1-2-13(10-16)19(27)34)36-21(35)30-14-4-6-15(7-5-14)32-9-8-28-20(32)29-12-26/h1-7,10-11H,8-9H2,(H2,27,34)(H,28,29)(H,30,35). The number of guanidine groups is 1. The number of carbonyl (C=O) groups is 2. The maximum absolute atomic E-state index is 13.3. The van der Waals surface area contributed by atoms with Crippen LogP contribution < -0.4 is 26.0 Å². The van der Waals surface area contributed by atoms with Gasteiger partial charge < -0.3 is 20.7 Å². The molecule has 3 aromatic rings. The van der Waals surface area contributed by atoms with Crippen molar-refractivity contribution in [2.45, 2.75) is 6.18 Å². The number of aliphatic imine (C=N–C) groups is 1. The van der Waals surface area contributed by atoms with Crippen molar-refractivity contribution in [3.8, 4) is 17.8 Å². The summed E-state index contributed by atoms with van der Waals surface area (Å²) in [5.41, 5.74) is 5.01. The first-order chi connectivity index (χ1) is 17.2. The molecule has 0 spiro atoms. The number of nitrogens with two attached hydrogens (primary N) is 1. The number of nitrogens with zero attached hydrogens (tertiary/aromatic N) is 5. The molecular weight excluding hydrogens is 481 g/mol. The predicted octanol–water partition coefficient (Wildman–Crippen LogP) is 2.85. The normalized spacial score (nSPS) is 14.3. The number of primary amides is 1. The van der Waals surface area contributed by atoms with Gasteiger partial charge in [-0.15, -0.1) is 4.99 Å². The Balaban J connectivity index is 1.54. The molecule has 4 rings (SSSR count). The highest BCUT2D eigenvalue weighted by Crippen LogP contribution is 2.32. The minimum Gasteiger partial charge on any atom is -0.391 e. The lowest BCUT2D eigenvalue weighted by Crippen LogP contribution is -2.29. The van der Waals surface area contributed by atoms with Crippen molar-refractivity contribution in [2.24, 2.45) is 10.7 Å². The average Bonchev–Trinajstić information content (AvgIpc) is 3.47. The number of anilines is 2. The van der Waals surface area contributed by atoms with Gasteiger partial charge in [0.25, 0.3) is 0 Å². The molecular formula is C22H17F3N8O3. The first-order valence-corrected chi connectivity index (χ1v) is 10.3. The molecule has 36 heavy (non-hydrogen) atoms. The van der Waals surface area contributed by atoms with E-state index < -0.39 is 29.8 Å². The topological polar surface area (TPSA) is 151 Å². The van der Waals surface area contributed by atoms with Gasteiger partial charge in [0.05, 0.1) is 5.69 Å². The molecule has 1 aromatic heterocycles. The quantitative estimate of drug-likeness (QED) is 0.458. The van der Waals surface area contributed by atoms with Crippen LogP contribution in [0.3, 0.4) is 0 Å². The third-order valence-corrected chi connectivity index (χ3v) is 5.00. The average molecular weight is 498 g/mol. The van der Waals surface area contributed by atoms with E-state index in [1.807, 2.05) is 0 Å². The molecule has 0 bridgehead atoms. The fourth-order valence-corrected chi connectivity index (χ4v) is 3.39. The van der Waals surface area contributed by atoms with Crippen LogP contribution in [-0.2, 0) is 6.18 Å². The molecule has 1 aliphatic rings. The zero-order valence-electron chi connectivity index (χ0n) is 18.3. The lowest BCUT2D eigenvalue weighted by atomic mass is 10.2. The van der Waals surface area contributed by atoms with Crippen molar-refractivity contribution in [1.82, 2.24) is 15.1 Å². The summed E-state index contributed by atoms with van der Waals surface area (Å²) >= 11 is 0. The van der Waals surface area contributed by atoms with E-state index in [9.17, 15) is 22.8 Å². The van der Waals surface area contributed by atoms with Crippen LogP contribution in [0.2, 0.25) is 0 Å². The Morgan fingerprint density at radius 3 is 2.58 bits per heavy atom. The summed E-state index contributed by atoms with van der Waals surface area (Å²) in [4.78, 5) is 29.4. The van der Waals surface area contributed by atoms with E-state index in [2.05, 4.69) is 20.7 Å². The number of alkyl halides is 3. The van der Waals surface area contributed by atoms with Gasteiger partial charge in [-0.2, -0.15) is 28.2 Å². The molecule has 4 N–H and O–H groups in total. The van der Waals surface area contributed by atoms with Crippen LogP contribution in [0.4, 0.5) is 29.3 Å².